The smallest absolute Gasteiger partial charge is 0.261 e. The Morgan fingerprint density at radius 3 is 2.18 bits per heavy atom. The molecular formula is C25H19F2N5O2. The number of hydrogen-bond acceptors (Lipinski definition) is 5. The average molecular weight is 459 g/mol. The van der Waals surface area contributed by atoms with Crippen molar-refractivity contribution in [3.05, 3.63) is 96.2 Å². The predicted molar refractivity (Wildman–Crippen MR) is 126 cm³/mol. The predicted octanol–water partition coefficient (Wildman–Crippen LogP) is 5.38. The first-order valence-corrected chi connectivity index (χ1v) is 10.2. The molecule has 3 N–H and O–H groups in total. The Labute approximate surface area is 193 Å². The summed E-state index contributed by atoms with van der Waals surface area (Å²) in [5, 5.41) is 8.25. The van der Waals surface area contributed by atoms with Crippen molar-refractivity contribution in [1.82, 2.24) is 9.97 Å². The van der Waals surface area contributed by atoms with Gasteiger partial charge in [0, 0.05) is 35.7 Å². The van der Waals surface area contributed by atoms with Crippen LogP contribution in [0.3, 0.4) is 0 Å². The number of amides is 2. The highest BCUT2D eigenvalue weighted by Gasteiger charge is 2.17. The van der Waals surface area contributed by atoms with Crippen LogP contribution in [0, 0.1) is 11.6 Å². The normalized spacial score (nSPS) is 10.4. The van der Waals surface area contributed by atoms with Crippen LogP contribution in [-0.2, 0) is 4.79 Å². The molecule has 0 aliphatic heterocycles. The van der Waals surface area contributed by atoms with Gasteiger partial charge in [-0.2, -0.15) is 0 Å². The molecule has 0 unspecified atom stereocenters. The van der Waals surface area contributed by atoms with Gasteiger partial charge in [-0.15, -0.1) is 0 Å². The van der Waals surface area contributed by atoms with Crippen LogP contribution in [-0.4, -0.2) is 21.8 Å². The quantitative estimate of drug-likeness (QED) is 0.360. The Hall–Kier alpha value is -4.66. The van der Waals surface area contributed by atoms with Gasteiger partial charge in [0.05, 0.1) is 5.69 Å². The van der Waals surface area contributed by atoms with Gasteiger partial charge in [-0.05, 0) is 48.5 Å². The molecule has 0 saturated carbocycles. The van der Waals surface area contributed by atoms with E-state index in [0.717, 1.165) is 17.7 Å². The van der Waals surface area contributed by atoms with Gasteiger partial charge in [0.1, 0.15) is 17.2 Å². The maximum Gasteiger partial charge on any atom is 0.261 e. The van der Waals surface area contributed by atoms with Gasteiger partial charge in [0.25, 0.3) is 5.91 Å². The molecule has 0 saturated heterocycles. The molecular weight excluding hydrogens is 440 g/mol. The average Bonchev–Trinajstić information content (AvgIpc) is 2.79. The largest absolute Gasteiger partial charge is 0.326 e. The number of nitrogens with zero attached hydrogens (tertiary/aromatic N) is 2. The summed E-state index contributed by atoms with van der Waals surface area (Å²) in [6.45, 7) is 1.44. The fraction of sp³-hybridized carbons (Fsp3) is 0.0400. The molecule has 7 nitrogen and oxygen atoms in total. The summed E-state index contributed by atoms with van der Waals surface area (Å²) in [6.07, 6.45) is 1.60. The van der Waals surface area contributed by atoms with Crippen molar-refractivity contribution < 1.29 is 18.4 Å². The number of hydrogen-bond donors (Lipinski definition) is 3. The molecule has 0 atom stereocenters. The zero-order chi connectivity index (χ0) is 24.1. The Morgan fingerprint density at radius 2 is 1.47 bits per heavy atom. The molecule has 2 amide bonds. The van der Waals surface area contributed by atoms with E-state index in [4.69, 9.17) is 0 Å². The van der Waals surface area contributed by atoms with Crippen LogP contribution in [0.15, 0.2) is 79.0 Å². The third-order valence-electron chi connectivity index (χ3n) is 4.72. The lowest BCUT2D eigenvalue weighted by Crippen LogP contribution is -2.15. The van der Waals surface area contributed by atoms with Crippen LogP contribution in [0.5, 0.6) is 0 Å². The van der Waals surface area contributed by atoms with E-state index in [1.807, 2.05) is 12.1 Å². The zero-order valence-corrected chi connectivity index (χ0v) is 18.0. The van der Waals surface area contributed by atoms with Crippen LogP contribution in [0.2, 0.25) is 0 Å². The van der Waals surface area contributed by atoms with E-state index in [-0.39, 0.29) is 5.91 Å². The van der Waals surface area contributed by atoms with E-state index < -0.39 is 23.1 Å². The van der Waals surface area contributed by atoms with Gasteiger partial charge in [0.15, 0.2) is 0 Å². The number of carbonyl (C=O) groups is 2. The molecule has 34 heavy (non-hydrogen) atoms. The molecule has 0 aliphatic carbocycles. The highest BCUT2D eigenvalue weighted by Crippen LogP contribution is 2.23. The van der Waals surface area contributed by atoms with Gasteiger partial charge in [0.2, 0.25) is 11.9 Å². The van der Waals surface area contributed by atoms with Crippen molar-refractivity contribution >= 4 is 34.8 Å². The minimum atomic E-state index is -0.942. The van der Waals surface area contributed by atoms with E-state index in [0.29, 0.717) is 28.7 Å². The maximum absolute atomic E-state index is 13.9. The molecule has 0 fully saturated rings. The van der Waals surface area contributed by atoms with Crippen molar-refractivity contribution in [2.24, 2.45) is 0 Å². The number of nitrogens with one attached hydrogen (secondary N) is 3. The van der Waals surface area contributed by atoms with Gasteiger partial charge in [-0.25, -0.2) is 18.7 Å². The number of halogens is 2. The second kappa shape index (κ2) is 9.86. The lowest BCUT2D eigenvalue weighted by atomic mass is 10.1. The Morgan fingerprint density at radius 1 is 0.794 bits per heavy atom. The fourth-order valence-electron chi connectivity index (χ4n) is 3.22. The summed E-state index contributed by atoms with van der Waals surface area (Å²) in [7, 11) is 0. The summed E-state index contributed by atoms with van der Waals surface area (Å²) >= 11 is 0. The van der Waals surface area contributed by atoms with Gasteiger partial charge >= 0.3 is 0 Å². The highest BCUT2D eigenvalue weighted by atomic mass is 19.1. The first-order chi connectivity index (χ1) is 16.4. The molecule has 170 valence electrons. The molecule has 0 bridgehead atoms. The molecule has 1 heterocycles. The monoisotopic (exact) mass is 459 g/mol. The van der Waals surface area contributed by atoms with E-state index in [2.05, 4.69) is 25.9 Å². The minimum absolute atomic E-state index is 0.154. The van der Waals surface area contributed by atoms with E-state index in [1.54, 1.807) is 48.7 Å². The van der Waals surface area contributed by atoms with E-state index in [1.165, 1.54) is 13.0 Å². The summed E-state index contributed by atoms with van der Waals surface area (Å²) < 4.78 is 27.8. The number of anilines is 4. The van der Waals surface area contributed by atoms with Crippen molar-refractivity contribution in [2.75, 3.05) is 16.0 Å². The summed E-state index contributed by atoms with van der Waals surface area (Å²) in [4.78, 5) is 32.2. The standard InChI is InChI=1S/C25H19F2N5O2/c1-15(33)29-17-10-8-16(9-11-17)22-12-13-28-25(32-22)31-19-5-2-4-18(14-19)30-24(34)23-20(26)6-3-7-21(23)27/h2-14H,1H3,(H,29,33)(H,30,34)(H,28,31,32). The summed E-state index contributed by atoms with van der Waals surface area (Å²) in [5.74, 6) is -2.62. The van der Waals surface area contributed by atoms with Gasteiger partial charge in [-0.3, -0.25) is 9.59 Å². The van der Waals surface area contributed by atoms with Crippen LogP contribution < -0.4 is 16.0 Å². The zero-order valence-electron chi connectivity index (χ0n) is 18.0. The third-order valence-corrected chi connectivity index (χ3v) is 4.72. The molecule has 0 spiro atoms. The van der Waals surface area contributed by atoms with E-state index in [9.17, 15) is 18.4 Å². The van der Waals surface area contributed by atoms with Crippen molar-refractivity contribution in [2.45, 2.75) is 6.92 Å². The lowest BCUT2D eigenvalue weighted by Gasteiger charge is -2.10. The third kappa shape index (κ3) is 5.39. The Bertz CT molecular complexity index is 1340. The lowest BCUT2D eigenvalue weighted by molar-refractivity contribution is -0.114. The van der Waals surface area contributed by atoms with Crippen molar-refractivity contribution in [1.29, 1.82) is 0 Å². The first-order valence-electron chi connectivity index (χ1n) is 10.2. The fourth-order valence-corrected chi connectivity index (χ4v) is 3.22. The highest BCUT2D eigenvalue weighted by molar-refractivity contribution is 6.04. The van der Waals surface area contributed by atoms with Crippen molar-refractivity contribution in [3.8, 4) is 11.3 Å². The van der Waals surface area contributed by atoms with Crippen LogP contribution in [0.25, 0.3) is 11.3 Å². The maximum atomic E-state index is 13.9. The van der Waals surface area contributed by atoms with Crippen molar-refractivity contribution in [3.63, 3.8) is 0 Å². The molecule has 9 heteroatoms. The second-order valence-electron chi connectivity index (χ2n) is 7.28. The number of benzene rings is 3. The Kier molecular flexibility index (Phi) is 6.54. The minimum Gasteiger partial charge on any atom is -0.326 e. The number of rotatable bonds is 6. The molecule has 0 aliphatic rings. The van der Waals surface area contributed by atoms with Gasteiger partial charge in [-0.1, -0.05) is 24.3 Å². The van der Waals surface area contributed by atoms with E-state index >= 15 is 0 Å². The topological polar surface area (TPSA) is 96.0 Å². The molecule has 4 rings (SSSR count). The molecule has 0 radical (unpaired) electrons. The molecule has 4 aromatic rings. The van der Waals surface area contributed by atoms with Crippen LogP contribution >= 0.6 is 0 Å². The Balaban J connectivity index is 1.49. The number of aromatic nitrogens is 2. The van der Waals surface area contributed by atoms with Crippen LogP contribution in [0.1, 0.15) is 17.3 Å². The van der Waals surface area contributed by atoms with Crippen LogP contribution in [0.4, 0.5) is 31.8 Å². The first kappa shape index (κ1) is 22.5. The number of carbonyl (C=O) groups excluding carboxylic acids is 2. The summed E-state index contributed by atoms with van der Waals surface area (Å²) in [5.41, 5.74) is 2.41. The van der Waals surface area contributed by atoms with Gasteiger partial charge < -0.3 is 16.0 Å². The summed E-state index contributed by atoms with van der Waals surface area (Å²) in [6, 6.07) is 18.8. The molecule has 1 aromatic heterocycles. The second-order valence-corrected chi connectivity index (χ2v) is 7.28. The SMILES string of the molecule is CC(=O)Nc1ccc(-c2ccnc(Nc3cccc(NC(=O)c4c(F)cccc4F)c3)n2)cc1. The molecule has 3 aromatic carbocycles.